The molecule has 0 radical (unpaired) electrons. The number of hydrogen-bond donors (Lipinski definition) is 1. The summed E-state index contributed by atoms with van der Waals surface area (Å²) < 4.78 is 0. The molecule has 82 valence electrons. The standard InChI is InChI=1S/C10H15N3O2/c1-7(2)6-13(3)10(15)8-4-5-9(14)12-11-8/h1,4-6H2,2-3H3,(H,12,14). The first-order valence-electron chi connectivity index (χ1n) is 4.76. The highest BCUT2D eigenvalue weighted by atomic mass is 16.2. The van der Waals surface area contributed by atoms with Crippen LogP contribution in [0.1, 0.15) is 19.8 Å². The van der Waals surface area contributed by atoms with Crippen LogP contribution in [0.3, 0.4) is 0 Å². The lowest BCUT2D eigenvalue weighted by atomic mass is 10.1. The SMILES string of the molecule is C=C(C)CN(C)C(=O)C1=NNC(=O)CC1. The van der Waals surface area contributed by atoms with Gasteiger partial charge in [0, 0.05) is 26.4 Å². The maximum Gasteiger partial charge on any atom is 0.270 e. The van der Waals surface area contributed by atoms with Crippen LogP contribution in [0.25, 0.3) is 0 Å². The zero-order valence-corrected chi connectivity index (χ0v) is 9.04. The summed E-state index contributed by atoms with van der Waals surface area (Å²) in [6, 6.07) is 0. The smallest absolute Gasteiger partial charge is 0.270 e. The summed E-state index contributed by atoms with van der Waals surface area (Å²) in [5.74, 6) is -0.299. The molecule has 15 heavy (non-hydrogen) atoms. The number of hydrazone groups is 1. The maximum absolute atomic E-state index is 11.7. The van der Waals surface area contributed by atoms with Gasteiger partial charge in [0.05, 0.1) is 0 Å². The third-order valence-corrected chi connectivity index (χ3v) is 2.01. The van der Waals surface area contributed by atoms with E-state index in [1.807, 2.05) is 6.92 Å². The molecule has 1 rings (SSSR count). The molecule has 0 aromatic heterocycles. The van der Waals surface area contributed by atoms with E-state index in [1.54, 1.807) is 11.9 Å². The van der Waals surface area contributed by atoms with Gasteiger partial charge < -0.3 is 4.90 Å². The van der Waals surface area contributed by atoms with E-state index in [2.05, 4.69) is 17.1 Å². The van der Waals surface area contributed by atoms with Gasteiger partial charge in [-0.1, -0.05) is 12.2 Å². The fourth-order valence-electron chi connectivity index (χ4n) is 1.33. The van der Waals surface area contributed by atoms with Crippen LogP contribution in [-0.4, -0.2) is 36.0 Å². The molecule has 5 nitrogen and oxygen atoms in total. The second kappa shape index (κ2) is 4.72. The summed E-state index contributed by atoms with van der Waals surface area (Å²) in [7, 11) is 1.69. The van der Waals surface area contributed by atoms with E-state index < -0.39 is 0 Å². The molecule has 0 bridgehead atoms. The summed E-state index contributed by atoms with van der Waals surface area (Å²) in [6.45, 7) is 6.09. The molecule has 0 spiro atoms. The average molecular weight is 209 g/mol. The number of nitrogens with zero attached hydrogens (tertiary/aromatic N) is 2. The van der Waals surface area contributed by atoms with Gasteiger partial charge in [0.2, 0.25) is 5.91 Å². The van der Waals surface area contributed by atoms with E-state index in [4.69, 9.17) is 0 Å². The highest BCUT2D eigenvalue weighted by Crippen LogP contribution is 2.03. The summed E-state index contributed by atoms with van der Waals surface area (Å²) in [5.41, 5.74) is 3.61. The number of likely N-dealkylation sites (N-methyl/N-ethyl adjacent to an activating group) is 1. The molecule has 0 saturated heterocycles. The Morgan fingerprint density at radius 2 is 2.27 bits per heavy atom. The van der Waals surface area contributed by atoms with Crippen molar-refractivity contribution in [3.63, 3.8) is 0 Å². The van der Waals surface area contributed by atoms with Crippen molar-refractivity contribution < 1.29 is 9.59 Å². The number of carbonyl (C=O) groups excluding carboxylic acids is 2. The molecule has 1 aliphatic rings. The predicted octanol–water partition coefficient (Wildman–Crippen LogP) is 0.287. The van der Waals surface area contributed by atoms with Crippen molar-refractivity contribution in [2.45, 2.75) is 19.8 Å². The van der Waals surface area contributed by atoms with Crippen LogP contribution in [0.4, 0.5) is 0 Å². The topological polar surface area (TPSA) is 61.8 Å². The summed E-state index contributed by atoms with van der Waals surface area (Å²) >= 11 is 0. The minimum absolute atomic E-state index is 0.144. The van der Waals surface area contributed by atoms with Gasteiger partial charge in [-0.3, -0.25) is 9.59 Å². The highest BCUT2D eigenvalue weighted by Gasteiger charge is 2.20. The summed E-state index contributed by atoms with van der Waals surface area (Å²) in [5, 5.41) is 3.73. The number of carbonyl (C=O) groups is 2. The molecule has 1 N–H and O–H groups in total. The zero-order valence-electron chi connectivity index (χ0n) is 9.04. The molecule has 0 atom stereocenters. The molecule has 1 aliphatic heterocycles. The van der Waals surface area contributed by atoms with Crippen molar-refractivity contribution in [2.75, 3.05) is 13.6 Å². The van der Waals surface area contributed by atoms with Crippen molar-refractivity contribution in [3.8, 4) is 0 Å². The Kier molecular flexibility index (Phi) is 3.60. The minimum atomic E-state index is -0.155. The van der Waals surface area contributed by atoms with Gasteiger partial charge in [0.1, 0.15) is 5.71 Å². The third-order valence-electron chi connectivity index (χ3n) is 2.01. The molecule has 0 aromatic carbocycles. The Bertz CT molecular complexity index is 334. The second-order valence-electron chi connectivity index (χ2n) is 3.71. The van der Waals surface area contributed by atoms with Gasteiger partial charge in [-0.25, -0.2) is 5.43 Å². The highest BCUT2D eigenvalue weighted by molar-refractivity contribution is 6.39. The van der Waals surface area contributed by atoms with Crippen molar-refractivity contribution in [3.05, 3.63) is 12.2 Å². The Morgan fingerprint density at radius 1 is 1.60 bits per heavy atom. The quantitative estimate of drug-likeness (QED) is 0.679. The Labute approximate surface area is 88.8 Å². The molecule has 1 heterocycles. The predicted molar refractivity (Wildman–Crippen MR) is 57.3 cm³/mol. The summed E-state index contributed by atoms with van der Waals surface area (Å²) in [4.78, 5) is 24.1. The lowest BCUT2D eigenvalue weighted by Crippen LogP contribution is -2.38. The lowest BCUT2D eigenvalue weighted by molar-refractivity contribution is -0.123. The van der Waals surface area contributed by atoms with Gasteiger partial charge in [-0.2, -0.15) is 5.10 Å². The average Bonchev–Trinajstić information content (AvgIpc) is 2.17. The van der Waals surface area contributed by atoms with Gasteiger partial charge in [0.25, 0.3) is 5.91 Å². The van der Waals surface area contributed by atoms with E-state index in [0.717, 1.165) is 5.57 Å². The largest absolute Gasteiger partial charge is 0.337 e. The third kappa shape index (κ3) is 3.19. The number of hydrogen-bond acceptors (Lipinski definition) is 3. The van der Waals surface area contributed by atoms with E-state index >= 15 is 0 Å². The van der Waals surface area contributed by atoms with Crippen molar-refractivity contribution in [1.29, 1.82) is 0 Å². The first kappa shape index (κ1) is 11.4. The number of amides is 2. The van der Waals surface area contributed by atoms with Gasteiger partial charge in [0.15, 0.2) is 0 Å². The van der Waals surface area contributed by atoms with E-state index in [0.29, 0.717) is 25.1 Å². The van der Waals surface area contributed by atoms with Crippen molar-refractivity contribution in [1.82, 2.24) is 10.3 Å². The first-order chi connectivity index (χ1) is 7.00. The van der Waals surface area contributed by atoms with Gasteiger partial charge in [-0.05, 0) is 6.92 Å². The number of rotatable bonds is 3. The molecule has 0 fully saturated rings. The van der Waals surface area contributed by atoms with Gasteiger partial charge >= 0.3 is 0 Å². The van der Waals surface area contributed by atoms with E-state index in [9.17, 15) is 9.59 Å². The van der Waals surface area contributed by atoms with Crippen LogP contribution in [0.5, 0.6) is 0 Å². The molecule has 0 aliphatic carbocycles. The van der Waals surface area contributed by atoms with Crippen LogP contribution in [0.2, 0.25) is 0 Å². The molecule has 2 amide bonds. The number of nitrogens with one attached hydrogen (secondary N) is 1. The monoisotopic (exact) mass is 209 g/mol. The van der Waals surface area contributed by atoms with Crippen molar-refractivity contribution in [2.24, 2.45) is 5.10 Å². The molecule has 0 saturated carbocycles. The second-order valence-corrected chi connectivity index (χ2v) is 3.71. The van der Waals surface area contributed by atoms with Crippen LogP contribution in [0.15, 0.2) is 17.3 Å². The van der Waals surface area contributed by atoms with E-state index in [1.165, 1.54) is 0 Å². The van der Waals surface area contributed by atoms with Crippen LogP contribution in [-0.2, 0) is 9.59 Å². The normalized spacial score (nSPS) is 15.3. The Balaban J connectivity index is 2.60. The zero-order chi connectivity index (χ0) is 11.4. The fourth-order valence-corrected chi connectivity index (χ4v) is 1.33. The Hall–Kier alpha value is -1.65. The first-order valence-corrected chi connectivity index (χ1v) is 4.76. The Morgan fingerprint density at radius 3 is 2.73 bits per heavy atom. The molecule has 0 aromatic rings. The van der Waals surface area contributed by atoms with Crippen molar-refractivity contribution >= 4 is 17.5 Å². The van der Waals surface area contributed by atoms with Crippen LogP contribution < -0.4 is 5.43 Å². The van der Waals surface area contributed by atoms with Crippen LogP contribution in [0, 0.1) is 0 Å². The molecule has 0 unspecified atom stereocenters. The van der Waals surface area contributed by atoms with Crippen LogP contribution >= 0.6 is 0 Å². The molecular weight excluding hydrogens is 194 g/mol. The molecule has 5 heteroatoms. The lowest BCUT2D eigenvalue weighted by Gasteiger charge is -2.19. The molecular formula is C10H15N3O2. The fraction of sp³-hybridized carbons (Fsp3) is 0.500. The van der Waals surface area contributed by atoms with Gasteiger partial charge in [-0.15, -0.1) is 0 Å². The summed E-state index contributed by atoms with van der Waals surface area (Å²) in [6.07, 6.45) is 0.733. The van der Waals surface area contributed by atoms with E-state index in [-0.39, 0.29) is 11.8 Å². The maximum atomic E-state index is 11.7. The minimum Gasteiger partial charge on any atom is -0.337 e.